The average Bonchev–Trinajstić information content (AvgIpc) is 2.56. The topological polar surface area (TPSA) is 107 Å². The van der Waals surface area contributed by atoms with Crippen LogP contribution in [0, 0.1) is 6.92 Å². The van der Waals surface area contributed by atoms with Crippen molar-refractivity contribution in [3.63, 3.8) is 0 Å². The first-order valence-electron chi connectivity index (χ1n) is 8.89. The second kappa shape index (κ2) is 11.5. The van der Waals surface area contributed by atoms with Gasteiger partial charge in [0.2, 0.25) is 11.8 Å². The van der Waals surface area contributed by atoms with Gasteiger partial charge in [-0.05, 0) is 56.8 Å². The predicted molar refractivity (Wildman–Crippen MR) is 99.3 cm³/mol. The molecule has 140 valence electrons. The minimum Gasteiger partial charge on any atom is -0.492 e. The van der Waals surface area contributed by atoms with Gasteiger partial charge in [-0.15, -0.1) is 0 Å². The standard InChI is InChI=1S/C19H31N3O3/c1-14-15(7-4-3-5-10-18(20)23)8-6-9-17(14)25-13-16(22-2)11-12-19(21)24/h6,8-9,16,22H,3-5,7,10-13H2,1-2H3,(H2,20,23)(H2,21,24). The number of hydrogen-bond donors (Lipinski definition) is 3. The summed E-state index contributed by atoms with van der Waals surface area (Å²) in [7, 11) is 1.85. The van der Waals surface area contributed by atoms with Crippen LogP contribution in [0.5, 0.6) is 5.75 Å². The number of carbonyl (C=O) groups excluding carboxylic acids is 2. The molecule has 1 atom stereocenters. The van der Waals surface area contributed by atoms with Crippen LogP contribution in [-0.4, -0.2) is 31.5 Å². The summed E-state index contributed by atoms with van der Waals surface area (Å²) in [5.74, 6) is 0.339. The maximum Gasteiger partial charge on any atom is 0.217 e. The summed E-state index contributed by atoms with van der Waals surface area (Å²) in [6.45, 7) is 2.55. The molecule has 0 aromatic heterocycles. The molecule has 0 aliphatic heterocycles. The van der Waals surface area contributed by atoms with Gasteiger partial charge in [-0.2, -0.15) is 0 Å². The van der Waals surface area contributed by atoms with E-state index in [0.717, 1.165) is 37.0 Å². The van der Waals surface area contributed by atoms with E-state index in [1.54, 1.807) is 0 Å². The van der Waals surface area contributed by atoms with E-state index in [-0.39, 0.29) is 17.9 Å². The maximum atomic E-state index is 10.9. The van der Waals surface area contributed by atoms with Crippen LogP contribution < -0.4 is 21.5 Å². The molecule has 0 heterocycles. The first kappa shape index (κ1) is 21.0. The van der Waals surface area contributed by atoms with Gasteiger partial charge >= 0.3 is 0 Å². The van der Waals surface area contributed by atoms with Crippen molar-refractivity contribution in [3.05, 3.63) is 29.3 Å². The maximum absolute atomic E-state index is 10.9. The number of unbranched alkanes of at least 4 members (excludes halogenated alkanes) is 2. The molecule has 6 nitrogen and oxygen atoms in total. The fourth-order valence-electron chi connectivity index (χ4n) is 2.70. The summed E-state index contributed by atoms with van der Waals surface area (Å²) in [4.78, 5) is 21.6. The number of nitrogens with one attached hydrogen (secondary N) is 1. The highest BCUT2D eigenvalue weighted by atomic mass is 16.5. The van der Waals surface area contributed by atoms with Crippen LogP contribution in [0.15, 0.2) is 18.2 Å². The Labute approximate surface area is 150 Å². The third-order valence-electron chi connectivity index (χ3n) is 4.35. The molecule has 1 rings (SSSR count). The highest BCUT2D eigenvalue weighted by Crippen LogP contribution is 2.23. The largest absolute Gasteiger partial charge is 0.492 e. The summed E-state index contributed by atoms with van der Waals surface area (Å²) >= 11 is 0. The number of hydrogen-bond acceptors (Lipinski definition) is 4. The molecule has 0 fully saturated rings. The third-order valence-corrected chi connectivity index (χ3v) is 4.35. The molecular formula is C19H31N3O3. The zero-order chi connectivity index (χ0) is 18.7. The van der Waals surface area contributed by atoms with Gasteiger partial charge in [0.1, 0.15) is 12.4 Å². The number of benzene rings is 1. The quantitative estimate of drug-likeness (QED) is 0.472. The minimum absolute atomic E-state index is 0.0874. The van der Waals surface area contributed by atoms with Crippen molar-refractivity contribution in [2.75, 3.05) is 13.7 Å². The first-order valence-corrected chi connectivity index (χ1v) is 8.89. The normalized spacial score (nSPS) is 11.9. The van der Waals surface area contributed by atoms with Crippen LogP contribution in [0.25, 0.3) is 0 Å². The van der Waals surface area contributed by atoms with Crippen LogP contribution >= 0.6 is 0 Å². The molecule has 1 aromatic rings. The van der Waals surface area contributed by atoms with Gasteiger partial charge in [0.15, 0.2) is 0 Å². The number of likely N-dealkylation sites (N-methyl/N-ethyl adjacent to an activating group) is 1. The fraction of sp³-hybridized carbons (Fsp3) is 0.579. The lowest BCUT2D eigenvalue weighted by Crippen LogP contribution is -2.33. The number of amides is 2. The number of rotatable bonds is 13. The van der Waals surface area contributed by atoms with E-state index in [1.165, 1.54) is 5.56 Å². The Bertz CT molecular complexity index is 561. The number of ether oxygens (including phenoxy) is 1. The fourth-order valence-corrected chi connectivity index (χ4v) is 2.70. The molecule has 0 aliphatic rings. The van der Waals surface area contributed by atoms with Crippen LogP contribution in [0.4, 0.5) is 0 Å². The molecule has 0 radical (unpaired) electrons. The Balaban J connectivity index is 2.49. The van der Waals surface area contributed by atoms with Crippen LogP contribution in [0.2, 0.25) is 0 Å². The van der Waals surface area contributed by atoms with Gasteiger partial charge < -0.3 is 21.5 Å². The molecule has 0 saturated carbocycles. The Morgan fingerprint density at radius 2 is 1.84 bits per heavy atom. The number of nitrogens with two attached hydrogens (primary N) is 2. The molecule has 0 spiro atoms. The molecule has 1 aromatic carbocycles. The van der Waals surface area contributed by atoms with Crippen molar-refractivity contribution >= 4 is 11.8 Å². The van der Waals surface area contributed by atoms with Gasteiger partial charge in [-0.3, -0.25) is 9.59 Å². The zero-order valence-electron chi connectivity index (χ0n) is 15.3. The molecule has 5 N–H and O–H groups in total. The minimum atomic E-state index is -0.297. The van der Waals surface area contributed by atoms with Gasteiger partial charge in [-0.1, -0.05) is 18.6 Å². The highest BCUT2D eigenvalue weighted by molar-refractivity contribution is 5.73. The monoisotopic (exact) mass is 349 g/mol. The Kier molecular flexibility index (Phi) is 9.62. The number of aryl methyl sites for hydroxylation is 1. The number of carbonyl (C=O) groups is 2. The lowest BCUT2D eigenvalue weighted by atomic mass is 10.0. The zero-order valence-corrected chi connectivity index (χ0v) is 15.3. The smallest absolute Gasteiger partial charge is 0.217 e. The Morgan fingerprint density at radius 3 is 2.48 bits per heavy atom. The molecule has 0 bridgehead atoms. The summed E-state index contributed by atoms with van der Waals surface area (Å²) in [6.07, 6.45) is 5.27. The van der Waals surface area contributed by atoms with E-state index >= 15 is 0 Å². The summed E-state index contributed by atoms with van der Waals surface area (Å²) in [5.41, 5.74) is 12.7. The Hall–Kier alpha value is -2.08. The van der Waals surface area contributed by atoms with E-state index in [4.69, 9.17) is 16.2 Å². The van der Waals surface area contributed by atoms with Gasteiger partial charge in [0.25, 0.3) is 0 Å². The van der Waals surface area contributed by atoms with Gasteiger partial charge in [-0.25, -0.2) is 0 Å². The van der Waals surface area contributed by atoms with E-state index in [1.807, 2.05) is 19.2 Å². The molecule has 6 heteroatoms. The molecular weight excluding hydrogens is 318 g/mol. The second-order valence-corrected chi connectivity index (χ2v) is 6.37. The lowest BCUT2D eigenvalue weighted by molar-refractivity contribution is -0.119. The van der Waals surface area contributed by atoms with Crippen molar-refractivity contribution in [1.82, 2.24) is 5.32 Å². The average molecular weight is 349 g/mol. The van der Waals surface area contributed by atoms with E-state index < -0.39 is 0 Å². The van der Waals surface area contributed by atoms with Crippen LogP contribution in [0.3, 0.4) is 0 Å². The van der Waals surface area contributed by atoms with Crippen molar-refractivity contribution in [3.8, 4) is 5.75 Å². The second-order valence-electron chi connectivity index (χ2n) is 6.37. The van der Waals surface area contributed by atoms with Crippen molar-refractivity contribution < 1.29 is 14.3 Å². The van der Waals surface area contributed by atoms with Crippen LogP contribution in [-0.2, 0) is 16.0 Å². The molecule has 25 heavy (non-hydrogen) atoms. The summed E-state index contributed by atoms with van der Waals surface area (Å²) < 4.78 is 5.95. The SMILES string of the molecule is CNC(CCC(N)=O)COc1cccc(CCCCCC(N)=O)c1C. The predicted octanol–water partition coefficient (Wildman–Crippen LogP) is 1.82. The Morgan fingerprint density at radius 1 is 1.12 bits per heavy atom. The van der Waals surface area contributed by atoms with Crippen molar-refractivity contribution in [1.29, 1.82) is 0 Å². The first-order chi connectivity index (χ1) is 11.9. The third kappa shape index (κ3) is 8.54. The molecule has 2 amide bonds. The van der Waals surface area contributed by atoms with Crippen molar-refractivity contribution in [2.45, 2.75) is 57.9 Å². The highest BCUT2D eigenvalue weighted by Gasteiger charge is 2.11. The molecule has 0 aliphatic carbocycles. The van der Waals surface area contributed by atoms with Gasteiger partial charge in [0.05, 0.1) is 0 Å². The van der Waals surface area contributed by atoms with E-state index in [2.05, 4.69) is 18.3 Å². The van der Waals surface area contributed by atoms with Crippen LogP contribution in [0.1, 0.15) is 49.7 Å². The van der Waals surface area contributed by atoms with Gasteiger partial charge in [0, 0.05) is 18.9 Å². The lowest BCUT2D eigenvalue weighted by Gasteiger charge is -2.18. The van der Waals surface area contributed by atoms with E-state index in [0.29, 0.717) is 25.9 Å². The summed E-state index contributed by atoms with van der Waals surface area (Å²) in [5, 5.41) is 3.15. The van der Waals surface area contributed by atoms with E-state index in [9.17, 15) is 9.59 Å². The number of primary amides is 2. The molecule has 1 unspecified atom stereocenters. The molecule has 0 saturated heterocycles. The van der Waals surface area contributed by atoms with Crippen molar-refractivity contribution in [2.24, 2.45) is 11.5 Å². The summed E-state index contributed by atoms with van der Waals surface area (Å²) in [6, 6.07) is 6.16.